The molecule has 0 N–H and O–H groups in total. The summed E-state index contributed by atoms with van der Waals surface area (Å²) in [5.41, 5.74) is 4.38. The van der Waals surface area contributed by atoms with Crippen molar-refractivity contribution in [2.75, 3.05) is 21.0 Å². The topological polar surface area (TPSA) is 30.9 Å². The molecule has 0 atom stereocenters. The molecule has 0 aliphatic carbocycles. The lowest BCUT2D eigenvalue weighted by molar-refractivity contribution is 0.174. The lowest BCUT2D eigenvalue weighted by Gasteiger charge is -2.25. The molecule has 3 aromatic rings. The Morgan fingerprint density at radius 1 is 1.00 bits per heavy atom. The van der Waals surface area contributed by atoms with Gasteiger partial charge < -0.3 is 19.1 Å². The molecular formula is C24H21Br2NO3. The number of methoxy groups -OCH3 is 1. The Hall–Kier alpha value is -2.44. The van der Waals surface area contributed by atoms with Crippen LogP contribution in [0, 0.1) is 0 Å². The van der Waals surface area contributed by atoms with Gasteiger partial charge in [0.05, 0.1) is 7.11 Å². The first kappa shape index (κ1) is 20.8. The SMILES string of the molecule is COc1ccc(CN(C)/C(=C/c2ccccc2Br)c2cc3c(cc2Br)OCO3)cc1. The van der Waals surface area contributed by atoms with E-state index in [9.17, 15) is 0 Å². The van der Waals surface area contributed by atoms with E-state index in [0.717, 1.165) is 49.6 Å². The molecular weight excluding hydrogens is 510 g/mol. The van der Waals surface area contributed by atoms with Crippen LogP contribution in [0.5, 0.6) is 17.2 Å². The number of rotatable bonds is 6. The number of ether oxygens (including phenoxy) is 3. The minimum atomic E-state index is 0.246. The average Bonchev–Trinajstić information content (AvgIpc) is 3.20. The van der Waals surface area contributed by atoms with Gasteiger partial charge >= 0.3 is 0 Å². The second-order valence-electron chi connectivity index (χ2n) is 6.94. The van der Waals surface area contributed by atoms with E-state index in [0.29, 0.717) is 0 Å². The summed E-state index contributed by atoms with van der Waals surface area (Å²) in [7, 11) is 3.76. The second-order valence-corrected chi connectivity index (χ2v) is 8.65. The van der Waals surface area contributed by atoms with Crippen LogP contribution in [-0.2, 0) is 6.54 Å². The molecule has 0 spiro atoms. The molecule has 0 saturated heterocycles. The summed E-state index contributed by atoms with van der Waals surface area (Å²) in [6, 6.07) is 20.3. The van der Waals surface area contributed by atoms with Crippen molar-refractivity contribution in [2.24, 2.45) is 0 Å². The van der Waals surface area contributed by atoms with Crippen LogP contribution in [0.2, 0.25) is 0 Å². The van der Waals surface area contributed by atoms with Crippen molar-refractivity contribution in [1.82, 2.24) is 4.90 Å². The first-order valence-electron chi connectivity index (χ1n) is 9.45. The quantitative estimate of drug-likeness (QED) is 0.337. The largest absolute Gasteiger partial charge is 0.497 e. The van der Waals surface area contributed by atoms with Gasteiger partial charge in [-0.3, -0.25) is 0 Å². The van der Waals surface area contributed by atoms with Gasteiger partial charge in [-0.25, -0.2) is 0 Å². The van der Waals surface area contributed by atoms with E-state index >= 15 is 0 Å². The van der Waals surface area contributed by atoms with E-state index < -0.39 is 0 Å². The highest BCUT2D eigenvalue weighted by Crippen LogP contribution is 2.41. The number of benzene rings is 3. The van der Waals surface area contributed by atoms with E-state index in [1.165, 1.54) is 5.56 Å². The van der Waals surface area contributed by atoms with Crippen LogP contribution in [0.15, 0.2) is 69.6 Å². The van der Waals surface area contributed by atoms with Crippen molar-refractivity contribution in [3.8, 4) is 17.2 Å². The highest BCUT2D eigenvalue weighted by Gasteiger charge is 2.20. The third kappa shape index (κ3) is 4.50. The van der Waals surface area contributed by atoms with E-state index in [-0.39, 0.29) is 6.79 Å². The fourth-order valence-corrected chi connectivity index (χ4v) is 4.26. The van der Waals surface area contributed by atoms with Gasteiger partial charge in [0, 0.05) is 33.8 Å². The number of fused-ring (bicyclic) bond motifs is 1. The minimum absolute atomic E-state index is 0.246. The molecule has 0 fully saturated rings. The van der Waals surface area contributed by atoms with Crippen LogP contribution in [0.1, 0.15) is 16.7 Å². The fraction of sp³-hybridized carbons (Fsp3) is 0.167. The number of halogens is 2. The van der Waals surface area contributed by atoms with Gasteiger partial charge in [0.25, 0.3) is 0 Å². The zero-order valence-electron chi connectivity index (χ0n) is 16.7. The number of nitrogens with zero attached hydrogens (tertiary/aromatic N) is 1. The van der Waals surface area contributed by atoms with E-state index in [4.69, 9.17) is 14.2 Å². The second kappa shape index (κ2) is 9.14. The number of hydrogen-bond acceptors (Lipinski definition) is 4. The van der Waals surface area contributed by atoms with Gasteiger partial charge in [-0.05, 0) is 63.5 Å². The normalized spacial score (nSPS) is 12.7. The molecule has 0 aromatic heterocycles. The molecule has 0 bridgehead atoms. The Bertz CT molecular complexity index is 1080. The first-order valence-corrected chi connectivity index (χ1v) is 11.0. The van der Waals surface area contributed by atoms with E-state index in [1.54, 1.807) is 7.11 Å². The van der Waals surface area contributed by atoms with Gasteiger partial charge in [0.1, 0.15) is 5.75 Å². The van der Waals surface area contributed by atoms with Gasteiger partial charge in [-0.1, -0.05) is 46.3 Å². The minimum Gasteiger partial charge on any atom is -0.497 e. The summed E-state index contributed by atoms with van der Waals surface area (Å²) < 4.78 is 18.4. The molecule has 1 heterocycles. The summed E-state index contributed by atoms with van der Waals surface area (Å²) in [4.78, 5) is 2.23. The molecule has 1 aliphatic rings. The molecule has 0 radical (unpaired) electrons. The lowest BCUT2D eigenvalue weighted by Crippen LogP contribution is -2.16. The van der Waals surface area contributed by atoms with Crippen molar-refractivity contribution in [1.29, 1.82) is 0 Å². The Labute approximate surface area is 193 Å². The smallest absolute Gasteiger partial charge is 0.231 e. The van der Waals surface area contributed by atoms with Crippen molar-refractivity contribution < 1.29 is 14.2 Å². The maximum absolute atomic E-state index is 5.63. The number of hydrogen-bond donors (Lipinski definition) is 0. The Morgan fingerprint density at radius 2 is 1.70 bits per heavy atom. The molecule has 154 valence electrons. The van der Waals surface area contributed by atoms with Crippen LogP contribution >= 0.6 is 31.9 Å². The molecule has 0 saturated carbocycles. The molecule has 6 heteroatoms. The molecule has 30 heavy (non-hydrogen) atoms. The summed E-state index contributed by atoms with van der Waals surface area (Å²) in [5, 5.41) is 0. The van der Waals surface area contributed by atoms with E-state index in [1.807, 2.05) is 42.5 Å². The van der Waals surface area contributed by atoms with Crippen molar-refractivity contribution in [3.05, 3.63) is 86.3 Å². The predicted octanol–water partition coefficient (Wildman–Crippen LogP) is 6.58. The Balaban J connectivity index is 1.75. The zero-order valence-corrected chi connectivity index (χ0v) is 19.9. The van der Waals surface area contributed by atoms with Crippen molar-refractivity contribution >= 4 is 43.6 Å². The first-order chi connectivity index (χ1) is 14.5. The third-order valence-corrected chi connectivity index (χ3v) is 6.30. The average molecular weight is 531 g/mol. The fourth-order valence-electron chi connectivity index (χ4n) is 3.34. The monoisotopic (exact) mass is 529 g/mol. The molecule has 4 rings (SSSR count). The van der Waals surface area contributed by atoms with Crippen LogP contribution in [0.4, 0.5) is 0 Å². The van der Waals surface area contributed by atoms with Crippen molar-refractivity contribution in [2.45, 2.75) is 6.54 Å². The van der Waals surface area contributed by atoms with Crippen LogP contribution in [0.3, 0.4) is 0 Å². The third-order valence-electron chi connectivity index (χ3n) is 4.93. The van der Waals surface area contributed by atoms with Gasteiger partial charge in [0.15, 0.2) is 11.5 Å². The van der Waals surface area contributed by atoms with Gasteiger partial charge in [-0.15, -0.1) is 0 Å². The van der Waals surface area contributed by atoms with Crippen LogP contribution in [-0.4, -0.2) is 25.9 Å². The van der Waals surface area contributed by atoms with Crippen LogP contribution in [0.25, 0.3) is 11.8 Å². The van der Waals surface area contributed by atoms with E-state index in [2.05, 4.69) is 68.1 Å². The summed E-state index contributed by atoms with van der Waals surface area (Å²) in [6.45, 7) is 0.983. The maximum atomic E-state index is 5.63. The summed E-state index contributed by atoms with van der Waals surface area (Å²) in [6.07, 6.45) is 2.18. The highest BCUT2D eigenvalue weighted by atomic mass is 79.9. The van der Waals surface area contributed by atoms with Crippen LogP contribution < -0.4 is 14.2 Å². The molecule has 3 aromatic carbocycles. The summed E-state index contributed by atoms with van der Waals surface area (Å²) >= 11 is 7.39. The highest BCUT2D eigenvalue weighted by molar-refractivity contribution is 9.10. The lowest BCUT2D eigenvalue weighted by atomic mass is 10.1. The van der Waals surface area contributed by atoms with Gasteiger partial charge in [0.2, 0.25) is 6.79 Å². The standard InChI is InChI=1S/C24H21Br2NO3/c1-27(14-16-7-9-18(28-2)10-8-16)22(11-17-5-3-4-6-20(17)25)19-12-23-24(13-21(19)26)30-15-29-23/h3-13H,14-15H2,1-2H3/b22-11+. The Morgan fingerprint density at radius 3 is 2.40 bits per heavy atom. The molecule has 4 nitrogen and oxygen atoms in total. The molecule has 0 unspecified atom stereocenters. The van der Waals surface area contributed by atoms with Gasteiger partial charge in [-0.2, -0.15) is 0 Å². The zero-order chi connectivity index (χ0) is 21.1. The summed E-state index contributed by atoms with van der Waals surface area (Å²) in [5.74, 6) is 2.36. The molecule has 0 amide bonds. The Kier molecular flexibility index (Phi) is 6.35. The molecule has 1 aliphatic heterocycles. The van der Waals surface area contributed by atoms with Crippen molar-refractivity contribution in [3.63, 3.8) is 0 Å². The maximum Gasteiger partial charge on any atom is 0.231 e. The predicted molar refractivity (Wildman–Crippen MR) is 127 cm³/mol.